The van der Waals surface area contributed by atoms with Crippen molar-refractivity contribution in [2.24, 2.45) is 0 Å². The Hall–Kier alpha value is -3.72. The summed E-state index contributed by atoms with van der Waals surface area (Å²) in [4.78, 5) is 0. The first-order valence-electron chi connectivity index (χ1n) is 9.28. The first-order valence-corrected chi connectivity index (χ1v) is 9.28. The molecule has 4 aromatic rings. The first-order chi connectivity index (χ1) is 13.7. The Kier molecular flexibility index (Phi) is 3.63. The van der Waals surface area contributed by atoms with Gasteiger partial charge in [-0.15, -0.1) is 0 Å². The van der Waals surface area contributed by atoms with Gasteiger partial charge in [0.15, 0.2) is 0 Å². The number of rotatable bonds is 2. The highest BCUT2D eigenvalue weighted by atomic mass is 16.5. The third-order valence-corrected chi connectivity index (χ3v) is 5.45. The van der Waals surface area contributed by atoms with Gasteiger partial charge in [-0.25, -0.2) is 0 Å². The van der Waals surface area contributed by atoms with Crippen molar-refractivity contribution in [2.45, 2.75) is 5.41 Å². The summed E-state index contributed by atoms with van der Waals surface area (Å²) < 4.78 is 6.28. The number of hydrogen-bond donors (Lipinski definition) is 2. The molecule has 0 saturated heterocycles. The largest absolute Gasteiger partial charge is 0.457 e. The van der Waals surface area contributed by atoms with Crippen LogP contribution in [-0.2, 0) is 5.41 Å². The molecule has 4 aromatic carbocycles. The Morgan fingerprint density at radius 3 is 1.39 bits per heavy atom. The van der Waals surface area contributed by atoms with Crippen molar-refractivity contribution >= 4 is 11.4 Å². The van der Waals surface area contributed by atoms with Crippen LogP contribution in [0.15, 0.2) is 97.1 Å². The van der Waals surface area contributed by atoms with Crippen LogP contribution in [0, 0.1) is 0 Å². The van der Waals surface area contributed by atoms with E-state index in [0.717, 1.165) is 22.6 Å². The van der Waals surface area contributed by atoms with Crippen molar-refractivity contribution in [1.82, 2.24) is 0 Å². The maximum Gasteiger partial charge on any atom is 0.134 e. The van der Waals surface area contributed by atoms with Gasteiger partial charge >= 0.3 is 0 Å². The van der Waals surface area contributed by atoms with Crippen molar-refractivity contribution < 1.29 is 4.74 Å². The summed E-state index contributed by atoms with van der Waals surface area (Å²) in [6.07, 6.45) is 0. The van der Waals surface area contributed by atoms with Crippen molar-refractivity contribution in [1.29, 1.82) is 0 Å². The van der Waals surface area contributed by atoms with E-state index in [1.165, 1.54) is 11.1 Å². The number of benzene rings is 4. The quantitative estimate of drug-likeness (QED) is 0.416. The van der Waals surface area contributed by atoms with Gasteiger partial charge in [0.05, 0.1) is 5.41 Å². The monoisotopic (exact) mass is 364 g/mol. The molecule has 1 aliphatic heterocycles. The second-order valence-electron chi connectivity index (χ2n) is 7.10. The van der Waals surface area contributed by atoms with E-state index >= 15 is 0 Å². The Bertz CT molecular complexity index is 1060. The Balaban J connectivity index is 1.97. The second-order valence-corrected chi connectivity index (χ2v) is 7.10. The van der Waals surface area contributed by atoms with Crippen molar-refractivity contribution in [3.05, 3.63) is 119 Å². The molecule has 0 amide bonds. The SMILES string of the molecule is Nc1ccc2c(c1)Oc1cc(N)ccc1C2(c1ccccc1)c1ccccc1. The van der Waals surface area contributed by atoms with E-state index in [-0.39, 0.29) is 0 Å². The van der Waals surface area contributed by atoms with E-state index in [9.17, 15) is 0 Å². The van der Waals surface area contributed by atoms with E-state index < -0.39 is 5.41 Å². The predicted octanol–water partition coefficient (Wildman–Crippen LogP) is 5.34. The van der Waals surface area contributed by atoms with E-state index in [1.54, 1.807) is 0 Å². The highest BCUT2D eigenvalue weighted by Crippen LogP contribution is 2.55. The predicted molar refractivity (Wildman–Crippen MR) is 114 cm³/mol. The maximum absolute atomic E-state index is 6.28. The highest BCUT2D eigenvalue weighted by molar-refractivity contribution is 5.72. The van der Waals surface area contributed by atoms with Crippen LogP contribution >= 0.6 is 0 Å². The van der Waals surface area contributed by atoms with Gasteiger partial charge in [-0.3, -0.25) is 0 Å². The van der Waals surface area contributed by atoms with Crippen molar-refractivity contribution in [3.8, 4) is 11.5 Å². The van der Waals surface area contributed by atoms with Gasteiger partial charge in [-0.2, -0.15) is 0 Å². The minimum atomic E-state index is -0.521. The highest BCUT2D eigenvalue weighted by Gasteiger charge is 2.45. The molecule has 0 bridgehead atoms. The molecule has 0 radical (unpaired) electrons. The topological polar surface area (TPSA) is 61.3 Å². The number of nitrogens with two attached hydrogens (primary N) is 2. The molecule has 0 aromatic heterocycles. The number of hydrogen-bond acceptors (Lipinski definition) is 3. The van der Waals surface area contributed by atoms with Crippen LogP contribution in [0.1, 0.15) is 22.3 Å². The summed E-state index contributed by atoms with van der Waals surface area (Å²) in [6, 6.07) is 32.8. The smallest absolute Gasteiger partial charge is 0.134 e. The van der Waals surface area contributed by atoms with Crippen molar-refractivity contribution in [3.63, 3.8) is 0 Å². The third-order valence-electron chi connectivity index (χ3n) is 5.45. The minimum absolute atomic E-state index is 0.521. The second kappa shape index (κ2) is 6.17. The van der Waals surface area contributed by atoms with Crippen LogP contribution in [0.5, 0.6) is 11.5 Å². The van der Waals surface area contributed by atoms with Crippen LogP contribution in [0.25, 0.3) is 0 Å². The Morgan fingerprint density at radius 2 is 0.964 bits per heavy atom. The lowest BCUT2D eigenvalue weighted by Crippen LogP contribution is -2.34. The molecule has 5 rings (SSSR count). The lowest BCUT2D eigenvalue weighted by molar-refractivity contribution is 0.435. The molecule has 136 valence electrons. The molecule has 1 aliphatic rings. The van der Waals surface area contributed by atoms with Crippen LogP contribution in [0.3, 0.4) is 0 Å². The molecular formula is C25H20N2O. The van der Waals surface area contributed by atoms with Gasteiger partial charge in [0.25, 0.3) is 0 Å². The molecule has 28 heavy (non-hydrogen) atoms. The molecule has 3 heteroatoms. The number of nitrogen functional groups attached to an aromatic ring is 2. The fourth-order valence-corrected chi connectivity index (χ4v) is 4.29. The van der Waals surface area contributed by atoms with Crippen molar-refractivity contribution in [2.75, 3.05) is 11.5 Å². The molecule has 4 N–H and O–H groups in total. The summed E-state index contributed by atoms with van der Waals surface area (Å²) in [5, 5.41) is 0. The fourth-order valence-electron chi connectivity index (χ4n) is 4.29. The average molecular weight is 364 g/mol. The van der Waals surface area contributed by atoms with Gasteiger partial charge in [0.2, 0.25) is 0 Å². The summed E-state index contributed by atoms with van der Waals surface area (Å²) in [7, 11) is 0. The molecule has 3 nitrogen and oxygen atoms in total. The summed E-state index contributed by atoms with van der Waals surface area (Å²) >= 11 is 0. The van der Waals surface area contributed by atoms with Gasteiger partial charge in [-0.05, 0) is 23.3 Å². The zero-order chi connectivity index (χ0) is 19.1. The van der Waals surface area contributed by atoms with E-state index in [4.69, 9.17) is 16.2 Å². The molecular weight excluding hydrogens is 344 g/mol. The molecule has 1 heterocycles. The number of anilines is 2. The molecule has 0 fully saturated rings. The maximum atomic E-state index is 6.28. The van der Waals surface area contributed by atoms with E-state index in [2.05, 4.69) is 60.7 Å². The molecule has 0 saturated carbocycles. The summed E-state index contributed by atoms with van der Waals surface area (Å²) in [6.45, 7) is 0. The van der Waals surface area contributed by atoms with Crippen LogP contribution in [-0.4, -0.2) is 0 Å². The van der Waals surface area contributed by atoms with Crippen LogP contribution < -0.4 is 16.2 Å². The normalized spacial score (nSPS) is 13.9. The first kappa shape index (κ1) is 16.5. The lowest BCUT2D eigenvalue weighted by Gasteiger charge is -2.41. The molecule has 0 spiro atoms. The molecule has 0 unspecified atom stereocenters. The molecule has 0 atom stereocenters. The standard InChI is InChI=1S/C25H20N2O/c26-19-11-13-21-23(15-19)28-24-16-20(27)12-14-22(24)25(21,17-7-3-1-4-8-17)18-9-5-2-6-10-18/h1-16H,26-27H2. The lowest BCUT2D eigenvalue weighted by atomic mass is 9.63. The zero-order valence-electron chi connectivity index (χ0n) is 15.3. The zero-order valence-corrected chi connectivity index (χ0v) is 15.3. The van der Waals surface area contributed by atoms with Gasteiger partial charge in [0.1, 0.15) is 11.5 Å². The van der Waals surface area contributed by atoms with E-state index in [0.29, 0.717) is 11.4 Å². The van der Waals surface area contributed by atoms with Gasteiger partial charge < -0.3 is 16.2 Å². The number of ether oxygens (including phenoxy) is 1. The average Bonchev–Trinajstić information content (AvgIpc) is 2.73. The Morgan fingerprint density at radius 1 is 0.536 bits per heavy atom. The van der Waals surface area contributed by atoms with Crippen LogP contribution in [0.2, 0.25) is 0 Å². The molecule has 0 aliphatic carbocycles. The minimum Gasteiger partial charge on any atom is -0.457 e. The number of fused-ring (bicyclic) bond motifs is 2. The van der Waals surface area contributed by atoms with Gasteiger partial charge in [0, 0.05) is 34.6 Å². The van der Waals surface area contributed by atoms with Crippen LogP contribution in [0.4, 0.5) is 11.4 Å². The van der Waals surface area contributed by atoms with Gasteiger partial charge in [-0.1, -0.05) is 72.8 Å². The summed E-state index contributed by atoms with van der Waals surface area (Å²) in [5.74, 6) is 1.51. The summed E-state index contributed by atoms with van der Waals surface area (Å²) in [5.41, 5.74) is 17.5. The fraction of sp³-hybridized carbons (Fsp3) is 0.0400. The Labute approximate surface area is 164 Å². The van der Waals surface area contributed by atoms with E-state index in [1.807, 2.05) is 36.4 Å². The third kappa shape index (κ3) is 2.30.